The summed E-state index contributed by atoms with van der Waals surface area (Å²) in [5.41, 5.74) is 1.17. The highest BCUT2D eigenvalue weighted by Crippen LogP contribution is 2.24. The Hall–Kier alpha value is -1.87. The van der Waals surface area contributed by atoms with Crippen LogP contribution in [0.15, 0.2) is 65.4 Å². The second kappa shape index (κ2) is 5.41. The van der Waals surface area contributed by atoms with Gasteiger partial charge in [-0.1, -0.05) is 42.5 Å². The van der Waals surface area contributed by atoms with Crippen molar-refractivity contribution in [1.82, 2.24) is 4.98 Å². The van der Waals surface area contributed by atoms with Crippen molar-refractivity contribution >= 4 is 26.7 Å². The number of ether oxygens (including phenoxy) is 1. The second-order valence-corrected chi connectivity index (χ2v) is 4.97. The summed E-state index contributed by atoms with van der Waals surface area (Å²) in [5.74, 6) is 0.760. The van der Waals surface area contributed by atoms with E-state index in [-0.39, 0.29) is 0 Å². The summed E-state index contributed by atoms with van der Waals surface area (Å²) in [6.07, 6.45) is 1.73. The molecule has 0 saturated carbocycles. The molecule has 0 bridgehead atoms. The Balaban J connectivity index is 1.88. The lowest BCUT2D eigenvalue weighted by molar-refractivity contribution is 0.304. The molecule has 0 spiro atoms. The molecular weight excluding hydrogens is 302 g/mol. The standard InChI is InChI=1S/C16H12BrNO/c17-16-15(9-4-10-18-16)19-11-13-7-3-6-12-5-1-2-8-14(12)13/h1-10H,11H2. The van der Waals surface area contributed by atoms with Crippen molar-refractivity contribution in [2.24, 2.45) is 0 Å². The van der Waals surface area contributed by atoms with Crippen LogP contribution in [0.2, 0.25) is 0 Å². The molecule has 0 atom stereocenters. The lowest BCUT2D eigenvalue weighted by Crippen LogP contribution is -1.97. The van der Waals surface area contributed by atoms with Gasteiger partial charge in [0.15, 0.2) is 5.75 Å². The van der Waals surface area contributed by atoms with Crippen LogP contribution < -0.4 is 4.74 Å². The van der Waals surface area contributed by atoms with Crippen LogP contribution in [0.25, 0.3) is 10.8 Å². The van der Waals surface area contributed by atoms with E-state index in [0.29, 0.717) is 6.61 Å². The molecular formula is C16H12BrNO. The summed E-state index contributed by atoms with van der Waals surface area (Å²) in [4.78, 5) is 4.15. The van der Waals surface area contributed by atoms with Crippen LogP contribution in [0, 0.1) is 0 Å². The molecule has 0 unspecified atom stereocenters. The first-order chi connectivity index (χ1) is 9.34. The Bertz CT molecular complexity index is 706. The summed E-state index contributed by atoms with van der Waals surface area (Å²) in [6.45, 7) is 0.533. The third-order valence-electron chi connectivity index (χ3n) is 2.99. The SMILES string of the molecule is Brc1ncccc1OCc1cccc2ccccc12. The van der Waals surface area contributed by atoms with Gasteiger partial charge in [-0.3, -0.25) is 0 Å². The molecule has 1 heterocycles. The Labute approximate surface area is 120 Å². The monoisotopic (exact) mass is 313 g/mol. The normalized spacial score (nSPS) is 10.6. The summed E-state index contributed by atoms with van der Waals surface area (Å²) >= 11 is 3.38. The molecule has 94 valence electrons. The number of fused-ring (bicyclic) bond motifs is 1. The third-order valence-corrected chi connectivity index (χ3v) is 3.58. The van der Waals surface area contributed by atoms with Crippen LogP contribution in [0.1, 0.15) is 5.56 Å². The fourth-order valence-corrected chi connectivity index (χ4v) is 2.42. The van der Waals surface area contributed by atoms with Crippen LogP contribution in [-0.2, 0) is 6.61 Å². The highest BCUT2D eigenvalue weighted by atomic mass is 79.9. The molecule has 0 N–H and O–H groups in total. The van der Waals surface area contributed by atoms with E-state index in [1.165, 1.54) is 16.3 Å². The van der Waals surface area contributed by atoms with Crippen molar-refractivity contribution < 1.29 is 4.74 Å². The van der Waals surface area contributed by atoms with Crippen molar-refractivity contribution in [2.45, 2.75) is 6.61 Å². The van der Waals surface area contributed by atoms with Gasteiger partial charge in [-0.25, -0.2) is 4.98 Å². The van der Waals surface area contributed by atoms with Gasteiger partial charge in [0.05, 0.1) is 0 Å². The number of hydrogen-bond acceptors (Lipinski definition) is 2. The first kappa shape index (κ1) is 12.2. The van der Waals surface area contributed by atoms with Gasteiger partial charge in [0, 0.05) is 6.20 Å². The molecule has 1 aromatic heterocycles. The Morgan fingerprint density at radius 3 is 2.68 bits per heavy atom. The van der Waals surface area contributed by atoms with Crippen molar-refractivity contribution in [3.05, 3.63) is 71.0 Å². The van der Waals surface area contributed by atoms with Crippen LogP contribution in [0.5, 0.6) is 5.75 Å². The average molecular weight is 314 g/mol. The molecule has 3 rings (SSSR count). The van der Waals surface area contributed by atoms with Gasteiger partial charge >= 0.3 is 0 Å². The average Bonchev–Trinajstić information content (AvgIpc) is 2.46. The van der Waals surface area contributed by atoms with Crippen molar-refractivity contribution in [1.29, 1.82) is 0 Å². The summed E-state index contributed by atoms with van der Waals surface area (Å²) in [5, 5.41) is 2.46. The Morgan fingerprint density at radius 2 is 1.79 bits per heavy atom. The molecule has 3 heteroatoms. The number of benzene rings is 2. The smallest absolute Gasteiger partial charge is 0.152 e. The maximum absolute atomic E-state index is 5.82. The van der Waals surface area contributed by atoms with E-state index in [9.17, 15) is 0 Å². The first-order valence-electron chi connectivity index (χ1n) is 6.04. The van der Waals surface area contributed by atoms with Crippen molar-refractivity contribution in [2.75, 3.05) is 0 Å². The maximum Gasteiger partial charge on any atom is 0.152 e. The van der Waals surface area contributed by atoms with Crippen LogP contribution in [0.3, 0.4) is 0 Å². The van der Waals surface area contributed by atoms with E-state index < -0.39 is 0 Å². The van der Waals surface area contributed by atoms with Gasteiger partial charge < -0.3 is 4.74 Å². The molecule has 0 aliphatic rings. The number of halogens is 1. The molecule has 0 saturated heterocycles. The number of rotatable bonds is 3. The second-order valence-electron chi connectivity index (χ2n) is 4.22. The van der Waals surface area contributed by atoms with Crippen LogP contribution in [-0.4, -0.2) is 4.98 Å². The van der Waals surface area contributed by atoms with Gasteiger partial charge in [-0.05, 0) is 44.4 Å². The zero-order valence-electron chi connectivity index (χ0n) is 10.2. The van der Waals surface area contributed by atoms with E-state index in [1.807, 2.05) is 24.3 Å². The van der Waals surface area contributed by atoms with E-state index in [2.05, 4.69) is 51.2 Å². The van der Waals surface area contributed by atoms with Gasteiger partial charge in [-0.2, -0.15) is 0 Å². The molecule has 0 radical (unpaired) electrons. The Morgan fingerprint density at radius 1 is 0.947 bits per heavy atom. The summed E-state index contributed by atoms with van der Waals surface area (Å²) < 4.78 is 6.55. The summed E-state index contributed by atoms with van der Waals surface area (Å²) in [6, 6.07) is 18.3. The highest BCUT2D eigenvalue weighted by molar-refractivity contribution is 9.10. The van der Waals surface area contributed by atoms with E-state index in [4.69, 9.17) is 4.74 Å². The molecule has 0 aliphatic heterocycles. The first-order valence-corrected chi connectivity index (χ1v) is 6.84. The molecule has 2 nitrogen and oxygen atoms in total. The fraction of sp³-hybridized carbons (Fsp3) is 0.0625. The number of pyridine rings is 1. The maximum atomic E-state index is 5.82. The number of aromatic nitrogens is 1. The molecule has 0 aliphatic carbocycles. The minimum atomic E-state index is 0.533. The van der Waals surface area contributed by atoms with Crippen LogP contribution >= 0.6 is 15.9 Å². The molecule has 3 aromatic rings. The van der Waals surface area contributed by atoms with Crippen molar-refractivity contribution in [3.8, 4) is 5.75 Å². The molecule has 0 amide bonds. The predicted octanol–water partition coefficient (Wildman–Crippen LogP) is 4.58. The lowest BCUT2D eigenvalue weighted by Gasteiger charge is -2.09. The number of hydrogen-bond donors (Lipinski definition) is 0. The van der Waals surface area contributed by atoms with Gasteiger partial charge in [0.25, 0.3) is 0 Å². The molecule has 0 fully saturated rings. The quantitative estimate of drug-likeness (QED) is 0.660. The molecule has 19 heavy (non-hydrogen) atoms. The van der Waals surface area contributed by atoms with Gasteiger partial charge in [0.2, 0.25) is 0 Å². The highest BCUT2D eigenvalue weighted by Gasteiger charge is 2.04. The van der Waals surface area contributed by atoms with Crippen LogP contribution in [0.4, 0.5) is 0 Å². The van der Waals surface area contributed by atoms with E-state index in [0.717, 1.165) is 10.4 Å². The summed E-state index contributed by atoms with van der Waals surface area (Å²) in [7, 11) is 0. The largest absolute Gasteiger partial charge is 0.486 e. The predicted molar refractivity (Wildman–Crippen MR) is 80.2 cm³/mol. The lowest BCUT2D eigenvalue weighted by atomic mass is 10.1. The van der Waals surface area contributed by atoms with E-state index in [1.54, 1.807) is 6.20 Å². The van der Waals surface area contributed by atoms with E-state index >= 15 is 0 Å². The number of nitrogens with zero attached hydrogens (tertiary/aromatic N) is 1. The molecule has 2 aromatic carbocycles. The van der Waals surface area contributed by atoms with Gasteiger partial charge in [0.1, 0.15) is 11.2 Å². The van der Waals surface area contributed by atoms with Gasteiger partial charge in [-0.15, -0.1) is 0 Å². The minimum Gasteiger partial charge on any atom is -0.486 e. The minimum absolute atomic E-state index is 0.533. The fourth-order valence-electron chi connectivity index (χ4n) is 2.05. The third kappa shape index (κ3) is 2.61. The Kier molecular flexibility index (Phi) is 3.47. The van der Waals surface area contributed by atoms with Crippen molar-refractivity contribution in [3.63, 3.8) is 0 Å². The topological polar surface area (TPSA) is 22.1 Å². The zero-order chi connectivity index (χ0) is 13.1. The zero-order valence-corrected chi connectivity index (χ0v) is 11.8.